The van der Waals surface area contributed by atoms with Gasteiger partial charge < -0.3 is 19.3 Å². The zero-order valence-corrected chi connectivity index (χ0v) is 21.0. The molecular formula is C26H31N7O3. The highest BCUT2D eigenvalue weighted by Gasteiger charge is 2.46. The summed E-state index contributed by atoms with van der Waals surface area (Å²) in [7, 11) is 3.33. The van der Waals surface area contributed by atoms with Crippen molar-refractivity contribution in [2.45, 2.75) is 31.4 Å². The van der Waals surface area contributed by atoms with E-state index < -0.39 is 0 Å². The van der Waals surface area contributed by atoms with Crippen LogP contribution in [0.4, 0.5) is 0 Å². The van der Waals surface area contributed by atoms with Gasteiger partial charge in [-0.15, -0.1) is 0 Å². The molecular weight excluding hydrogens is 458 g/mol. The zero-order valence-electron chi connectivity index (χ0n) is 21.0. The number of amides is 1. The van der Waals surface area contributed by atoms with Gasteiger partial charge in [0.25, 0.3) is 0 Å². The van der Waals surface area contributed by atoms with E-state index in [0.29, 0.717) is 36.0 Å². The van der Waals surface area contributed by atoms with Crippen LogP contribution >= 0.6 is 0 Å². The number of hydrogen-bond acceptors (Lipinski definition) is 7. The fourth-order valence-corrected chi connectivity index (χ4v) is 5.50. The molecule has 3 aromatic heterocycles. The minimum absolute atomic E-state index is 0.0406. The molecule has 3 aromatic rings. The van der Waals surface area contributed by atoms with Crippen molar-refractivity contribution in [3.8, 4) is 22.9 Å². The minimum Gasteiger partial charge on any atom is -0.494 e. The number of hydrogen-bond donors (Lipinski definition) is 0. The maximum absolute atomic E-state index is 11.8. The molecule has 2 fully saturated rings. The number of nitriles is 1. The second-order valence-electron chi connectivity index (χ2n) is 9.64. The molecule has 0 aromatic carbocycles. The molecule has 10 nitrogen and oxygen atoms in total. The predicted octanol–water partition coefficient (Wildman–Crippen LogP) is 2.44. The van der Waals surface area contributed by atoms with Crippen molar-refractivity contribution in [2.24, 2.45) is 0 Å². The summed E-state index contributed by atoms with van der Waals surface area (Å²) in [5.74, 6) is 0.569. The lowest BCUT2D eigenvalue weighted by molar-refractivity contribution is -0.162. The van der Waals surface area contributed by atoms with Crippen molar-refractivity contribution >= 4 is 11.4 Å². The van der Waals surface area contributed by atoms with Gasteiger partial charge in [0.15, 0.2) is 0 Å². The van der Waals surface area contributed by atoms with E-state index in [1.807, 2.05) is 18.5 Å². The standard InChI is InChI=1S/C26H31N7O3/c1-5-24(34)31-16-26(17-31,36-4)15-30-8-6-21(7-9-30)33-18(2)22(13-29-33)19-10-23(35-3)25-20(11-27)12-28-32(25)14-19/h5,10,12-14,21H,1,6-9,15-17H2,2-4H3. The van der Waals surface area contributed by atoms with Gasteiger partial charge in [-0.25, -0.2) is 4.52 Å². The second-order valence-corrected chi connectivity index (χ2v) is 9.64. The van der Waals surface area contributed by atoms with E-state index >= 15 is 0 Å². The van der Waals surface area contributed by atoms with E-state index in [1.165, 1.54) is 6.08 Å². The van der Waals surface area contributed by atoms with Crippen LogP contribution in [0.2, 0.25) is 0 Å². The molecule has 2 aliphatic rings. The van der Waals surface area contributed by atoms with E-state index in [-0.39, 0.29) is 11.5 Å². The van der Waals surface area contributed by atoms with Crippen LogP contribution in [-0.4, -0.2) is 87.6 Å². The largest absolute Gasteiger partial charge is 0.494 e. The van der Waals surface area contributed by atoms with Crippen molar-refractivity contribution in [3.63, 3.8) is 0 Å². The number of pyridine rings is 1. The van der Waals surface area contributed by atoms with Gasteiger partial charge in [0, 0.05) is 49.8 Å². The van der Waals surface area contributed by atoms with Crippen LogP contribution in [0, 0.1) is 18.3 Å². The Kier molecular flexibility index (Phi) is 6.28. The quantitative estimate of drug-likeness (QED) is 0.470. The maximum Gasteiger partial charge on any atom is 0.246 e. The Morgan fingerprint density at radius 2 is 2.03 bits per heavy atom. The smallest absolute Gasteiger partial charge is 0.246 e. The van der Waals surface area contributed by atoms with Crippen molar-refractivity contribution in [1.82, 2.24) is 29.2 Å². The number of piperidine rings is 1. The molecule has 10 heteroatoms. The summed E-state index contributed by atoms with van der Waals surface area (Å²) in [6.07, 6.45) is 8.71. The van der Waals surface area contributed by atoms with Crippen molar-refractivity contribution < 1.29 is 14.3 Å². The van der Waals surface area contributed by atoms with E-state index in [9.17, 15) is 10.1 Å². The van der Waals surface area contributed by atoms with Gasteiger partial charge >= 0.3 is 0 Å². The van der Waals surface area contributed by atoms with Crippen LogP contribution in [0.25, 0.3) is 16.6 Å². The van der Waals surface area contributed by atoms with Gasteiger partial charge in [-0.2, -0.15) is 15.5 Å². The Hall–Kier alpha value is -3.68. The monoisotopic (exact) mass is 489 g/mol. The van der Waals surface area contributed by atoms with Crippen LogP contribution in [0.1, 0.15) is 30.1 Å². The van der Waals surface area contributed by atoms with Crippen LogP contribution in [0.3, 0.4) is 0 Å². The summed E-state index contributed by atoms with van der Waals surface area (Å²) >= 11 is 0. The zero-order chi connectivity index (χ0) is 25.4. The number of likely N-dealkylation sites (tertiary alicyclic amines) is 2. The molecule has 0 saturated carbocycles. The van der Waals surface area contributed by atoms with Crippen molar-refractivity contribution in [2.75, 3.05) is 46.9 Å². The Labute approximate surface area is 210 Å². The molecule has 0 unspecified atom stereocenters. The third-order valence-corrected chi connectivity index (χ3v) is 7.56. The summed E-state index contributed by atoms with van der Waals surface area (Å²) in [4.78, 5) is 16.0. The normalized spacial score (nSPS) is 18.1. The summed E-state index contributed by atoms with van der Waals surface area (Å²) in [6.45, 7) is 9.59. The molecule has 0 bridgehead atoms. The molecule has 0 N–H and O–H groups in total. The lowest BCUT2D eigenvalue weighted by Gasteiger charge is -2.51. The van der Waals surface area contributed by atoms with Gasteiger partial charge in [0.1, 0.15) is 28.5 Å². The number of methoxy groups -OCH3 is 2. The average Bonchev–Trinajstić information content (AvgIpc) is 3.48. The fraction of sp³-hybridized carbons (Fsp3) is 0.462. The molecule has 36 heavy (non-hydrogen) atoms. The van der Waals surface area contributed by atoms with Gasteiger partial charge in [-0.3, -0.25) is 9.48 Å². The lowest BCUT2D eigenvalue weighted by Crippen LogP contribution is -2.68. The van der Waals surface area contributed by atoms with Gasteiger partial charge in [0.05, 0.1) is 38.6 Å². The molecule has 1 amide bonds. The highest BCUT2D eigenvalue weighted by Crippen LogP contribution is 2.34. The van der Waals surface area contributed by atoms with E-state index in [4.69, 9.17) is 14.6 Å². The maximum atomic E-state index is 11.8. The molecule has 0 atom stereocenters. The van der Waals surface area contributed by atoms with Gasteiger partial charge in [-0.05, 0) is 31.9 Å². The SMILES string of the molecule is C=CC(=O)N1CC(CN2CCC(n3ncc(-c4cc(OC)c5c(C#N)cnn5c4)c3C)CC2)(OC)C1. The van der Waals surface area contributed by atoms with Crippen LogP contribution in [0.15, 0.2) is 37.3 Å². The minimum atomic E-state index is -0.296. The summed E-state index contributed by atoms with van der Waals surface area (Å²) in [5.41, 5.74) is 3.91. The Balaban J connectivity index is 1.28. The highest BCUT2D eigenvalue weighted by molar-refractivity contribution is 5.87. The third kappa shape index (κ3) is 4.04. The molecule has 5 heterocycles. The van der Waals surface area contributed by atoms with E-state index in [0.717, 1.165) is 49.3 Å². The number of ether oxygens (including phenoxy) is 2. The molecule has 0 aliphatic carbocycles. The second kappa shape index (κ2) is 9.41. The number of fused-ring (bicyclic) bond motifs is 1. The Morgan fingerprint density at radius 3 is 2.67 bits per heavy atom. The summed E-state index contributed by atoms with van der Waals surface area (Å²) < 4.78 is 15.2. The number of carbonyl (C=O) groups is 1. The molecule has 2 aliphatic heterocycles. The number of carbonyl (C=O) groups excluding carboxylic acids is 1. The number of nitrogens with zero attached hydrogens (tertiary/aromatic N) is 7. The average molecular weight is 490 g/mol. The highest BCUT2D eigenvalue weighted by atomic mass is 16.5. The van der Waals surface area contributed by atoms with Crippen molar-refractivity contribution in [3.05, 3.63) is 48.6 Å². The van der Waals surface area contributed by atoms with Crippen LogP contribution in [0.5, 0.6) is 5.75 Å². The topological polar surface area (TPSA) is 101 Å². The molecule has 188 valence electrons. The molecule has 0 radical (unpaired) electrons. The predicted molar refractivity (Wildman–Crippen MR) is 134 cm³/mol. The van der Waals surface area contributed by atoms with E-state index in [1.54, 1.807) is 29.8 Å². The Bertz CT molecular complexity index is 1340. The Morgan fingerprint density at radius 1 is 1.28 bits per heavy atom. The summed E-state index contributed by atoms with van der Waals surface area (Å²) in [5, 5.41) is 18.5. The first-order chi connectivity index (χ1) is 17.4. The third-order valence-electron chi connectivity index (χ3n) is 7.56. The fourth-order valence-electron chi connectivity index (χ4n) is 5.50. The number of rotatable bonds is 7. The first kappa shape index (κ1) is 24.0. The van der Waals surface area contributed by atoms with Gasteiger partial charge in [-0.1, -0.05) is 6.58 Å². The number of aromatic nitrogens is 4. The van der Waals surface area contributed by atoms with Crippen molar-refractivity contribution in [1.29, 1.82) is 5.26 Å². The molecule has 5 rings (SSSR count). The first-order valence-corrected chi connectivity index (χ1v) is 12.1. The van der Waals surface area contributed by atoms with Crippen LogP contribution < -0.4 is 4.74 Å². The van der Waals surface area contributed by atoms with Gasteiger partial charge in [0.2, 0.25) is 5.91 Å². The summed E-state index contributed by atoms with van der Waals surface area (Å²) in [6, 6.07) is 4.42. The first-order valence-electron chi connectivity index (χ1n) is 12.1. The lowest BCUT2D eigenvalue weighted by atomic mass is 9.91. The van der Waals surface area contributed by atoms with Crippen LogP contribution in [-0.2, 0) is 9.53 Å². The van der Waals surface area contributed by atoms with E-state index in [2.05, 4.69) is 34.3 Å². The molecule has 2 saturated heterocycles. The molecule has 0 spiro atoms.